The van der Waals surface area contributed by atoms with E-state index in [2.05, 4.69) is 21.0 Å². The highest BCUT2D eigenvalue weighted by atomic mass is 79.9. The molecule has 1 aromatic heterocycles. The van der Waals surface area contributed by atoms with Gasteiger partial charge < -0.3 is 5.73 Å². The third kappa shape index (κ3) is 2.47. The van der Waals surface area contributed by atoms with Gasteiger partial charge in [0.2, 0.25) is 0 Å². The minimum atomic E-state index is -0.226. The van der Waals surface area contributed by atoms with Crippen LogP contribution in [-0.2, 0) is 13.1 Å². The van der Waals surface area contributed by atoms with E-state index in [0.29, 0.717) is 18.7 Å². The largest absolute Gasteiger partial charge is 0.326 e. The van der Waals surface area contributed by atoms with E-state index in [0.717, 1.165) is 21.4 Å². The molecule has 1 heterocycles. The average Bonchev–Trinajstić information content (AvgIpc) is 2.60. The van der Waals surface area contributed by atoms with Crippen LogP contribution in [0.3, 0.4) is 0 Å². The van der Waals surface area contributed by atoms with Crippen molar-refractivity contribution in [3.8, 4) is 0 Å². The van der Waals surface area contributed by atoms with Gasteiger partial charge in [-0.1, -0.05) is 6.07 Å². The van der Waals surface area contributed by atoms with E-state index in [1.807, 2.05) is 13.8 Å². The summed E-state index contributed by atoms with van der Waals surface area (Å²) >= 11 is 3.46. The van der Waals surface area contributed by atoms with Gasteiger partial charge in [-0.3, -0.25) is 4.68 Å². The third-order valence-electron chi connectivity index (χ3n) is 2.96. The van der Waals surface area contributed by atoms with Crippen molar-refractivity contribution >= 4 is 15.9 Å². The van der Waals surface area contributed by atoms with Gasteiger partial charge in [0.15, 0.2) is 0 Å². The molecule has 0 bridgehead atoms. The second kappa shape index (κ2) is 5.20. The van der Waals surface area contributed by atoms with Crippen LogP contribution in [0, 0.1) is 19.7 Å². The number of benzene rings is 1. The number of aryl methyl sites for hydroxylation is 1. The van der Waals surface area contributed by atoms with Crippen LogP contribution in [0.15, 0.2) is 22.7 Å². The van der Waals surface area contributed by atoms with E-state index in [4.69, 9.17) is 5.73 Å². The SMILES string of the molecule is Cc1nn(Cc2cc(CN)ccc2F)c(C)c1Br. The molecular formula is C13H15BrFN3. The van der Waals surface area contributed by atoms with Crippen LogP contribution < -0.4 is 5.73 Å². The second-order valence-corrected chi connectivity index (χ2v) is 5.07. The van der Waals surface area contributed by atoms with Crippen LogP contribution in [-0.4, -0.2) is 9.78 Å². The summed E-state index contributed by atoms with van der Waals surface area (Å²) in [7, 11) is 0. The molecule has 3 nitrogen and oxygen atoms in total. The monoisotopic (exact) mass is 311 g/mol. The van der Waals surface area contributed by atoms with Crippen molar-refractivity contribution in [1.29, 1.82) is 0 Å². The predicted molar refractivity (Wildman–Crippen MR) is 72.8 cm³/mol. The first-order chi connectivity index (χ1) is 8.52. The molecule has 5 heteroatoms. The molecule has 0 aliphatic rings. The summed E-state index contributed by atoms with van der Waals surface area (Å²) in [4.78, 5) is 0. The maximum absolute atomic E-state index is 13.7. The van der Waals surface area contributed by atoms with Crippen LogP contribution in [0.5, 0.6) is 0 Å². The summed E-state index contributed by atoms with van der Waals surface area (Å²) < 4.78 is 16.5. The molecule has 2 aromatic rings. The lowest BCUT2D eigenvalue weighted by atomic mass is 10.1. The summed E-state index contributed by atoms with van der Waals surface area (Å²) in [5.41, 5.74) is 8.99. The predicted octanol–water partition coefficient (Wildman–Crippen LogP) is 2.91. The minimum Gasteiger partial charge on any atom is -0.326 e. The van der Waals surface area contributed by atoms with Crippen molar-refractivity contribution in [3.63, 3.8) is 0 Å². The Labute approximate surface area is 114 Å². The number of hydrogen-bond acceptors (Lipinski definition) is 2. The Morgan fingerprint density at radius 1 is 1.39 bits per heavy atom. The Balaban J connectivity index is 2.36. The van der Waals surface area contributed by atoms with Crippen molar-refractivity contribution in [2.24, 2.45) is 5.73 Å². The molecule has 96 valence electrons. The van der Waals surface area contributed by atoms with E-state index in [1.165, 1.54) is 6.07 Å². The normalized spacial score (nSPS) is 10.9. The van der Waals surface area contributed by atoms with Crippen LogP contribution >= 0.6 is 15.9 Å². The molecule has 2 rings (SSSR count). The first-order valence-corrected chi connectivity index (χ1v) is 6.49. The van der Waals surface area contributed by atoms with Gasteiger partial charge >= 0.3 is 0 Å². The zero-order valence-corrected chi connectivity index (χ0v) is 12.0. The molecule has 0 aliphatic carbocycles. The highest BCUT2D eigenvalue weighted by Crippen LogP contribution is 2.21. The van der Waals surface area contributed by atoms with Gasteiger partial charge in [-0.15, -0.1) is 0 Å². The number of hydrogen-bond donors (Lipinski definition) is 1. The summed E-state index contributed by atoms with van der Waals surface area (Å²) in [6.07, 6.45) is 0. The molecule has 0 saturated heterocycles. The Kier molecular flexibility index (Phi) is 3.82. The highest BCUT2D eigenvalue weighted by molar-refractivity contribution is 9.10. The van der Waals surface area contributed by atoms with Gasteiger partial charge in [0.1, 0.15) is 5.82 Å². The Morgan fingerprint density at radius 2 is 2.11 bits per heavy atom. The lowest BCUT2D eigenvalue weighted by Gasteiger charge is -2.08. The quantitative estimate of drug-likeness (QED) is 0.947. The number of rotatable bonds is 3. The summed E-state index contributed by atoms with van der Waals surface area (Å²) in [6, 6.07) is 4.95. The third-order valence-corrected chi connectivity index (χ3v) is 4.11. The summed E-state index contributed by atoms with van der Waals surface area (Å²) in [6.45, 7) is 4.70. The Bertz CT molecular complexity index is 578. The first kappa shape index (κ1) is 13.2. The van der Waals surface area contributed by atoms with Gasteiger partial charge in [0.05, 0.1) is 22.4 Å². The topological polar surface area (TPSA) is 43.8 Å². The first-order valence-electron chi connectivity index (χ1n) is 5.69. The summed E-state index contributed by atoms with van der Waals surface area (Å²) in [5.74, 6) is -0.226. The van der Waals surface area contributed by atoms with E-state index in [1.54, 1.807) is 16.8 Å². The minimum absolute atomic E-state index is 0.226. The van der Waals surface area contributed by atoms with Crippen molar-refractivity contribution in [2.45, 2.75) is 26.9 Å². The maximum atomic E-state index is 13.7. The summed E-state index contributed by atoms with van der Waals surface area (Å²) in [5, 5.41) is 4.37. The zero-order valence-electron chi connectivity index (χ0n) is 10.4. The molecule has 0 saturated carbocycles. The average molecular weight is 312 g/mol. The fraction of sp³-hybridized carbons (Fsp3) is 0.308. The van der Waals surface area contributed by atoms with E-state index in [-0.39, 0.29) is 5.82 Å². The molecule has 0 amide bonds. The number of halogens is 2. The van der Waals surface area contributed by atoms with Gasteiger partial charge in [-0.2, -0.15) is 5.10 Å². The molecular weight excluding hydrogens is 297 g/mol. The van der Waals surface area contributed by atoms with Crippen molar-refractivity contribution in [1.82, 2.24) is 9.78 Å². The van der Waals surface area contributed by atoms with Crippen molar-refractivity contribution in [3.05, 3.63) is 51.0 Å². The smallest absolute Gasteiger partial charge is 0.128 e. The molecule has 18 heavy (non-hydrogen) atoms. The Morgan fingerprint density at radius 3 is 2.67 bits per heavy atom. The van der Waals surface area contributed by atoms with Crippen LogP contribution in [0.25, 0.3) is 0 Å². The van der Waals surface area contributed by atoms with E-state index in [9.17, 15) is 4.39 Å². The van der Waals surface area contributed by atoms with Crippen LogP contribution in [0.1, 0.15) is 22.5 Å². The van der Waals surface area contributed by atoms with Gasteiger partial charge in [-0.05, 0) is 47.5 Å². The van der Waals surface area contributed by atoms with Crippen LogP contribution in [0.2, 0.25) is 0 Å². The molecule has 1 aromatic carbocycles. The maximum Gasteiger partial charge on any atom is 0.128 e. The molecule has 0 fully saturated rings. The molecule has 0 unspecified atom stereocenters. The lowest BCUT2D eigenvalue weighted by Crippen LogP contribution is -2.07. The zero-order chi connectivity index (χ0) is 13.3. The standard InChI is InChI=1S/C13H15BrFN3/c1-8-13(14)9(2)18(17-8)7-11-5-10(6-16)3-4-12(11)15/h3-5H,6-7,16H2,1-2H3. The fourth-order valence-electron chi connectivity index (χ4n) is 1.87. The Hall–Kier alpha value is -1.20. The molecule has 0 spiro atoms. The number of nitrogens with zero attached hydrogens (tertiary/aromatic N) is 2. The molecule has 2 N–H and O–H groups in total. The number of aromatic nitrogens is 2. The van der Waals surface area contributed by atoms with Crippen molar-refractivity contribution < 1.29 is 4.39 Å². The van der Waals surface area contributed by atoms with E-state index < -0.39 is 0 Å². The fourth-order valence-corrected chi connectivity index (χ4v) is 2.15. The molecule has 0 aliphatic heterocycles. The van der Waals surface area contributed by atoms with Crippen molar-refractivity contribution in [2.75, 3.05) is 0 Å². The lowest BCUT2D eigenvalue weighted by molar-refractivity contribution is 0.577. The van der Waals surface area contributed by atoms with E-state index >= 15 is 0 Å². The van der Waals surface area contributed by atoms with Gasteiger partial charge in [0, 0.05) is 12.1 Å². The van der Waals surface area contributed by atoms with Gasteiger partial charge in [0.25, 0.3) is 0 Å². The van der Waals surface area contributed by atoms with Crippen LogP contribution in [0.4, 0.5) is 4.39 Å². The molecule has 0 radical (unpaired) electrons. The highest BCUT2D eigenvalue weighted by Gasteiger charge is 2.11. The van der Waals surface area contributed by atoms with Gasteiger partial charge in [-0.25, -0.2) is 4.39 Å². The number of nitrogens with two attached hydrogens (primary N) is 1. The molecule has 0 atom stereocenters. The second-order valence-electron chi connectivity index (χ2n) is 4.27.